The smallest absolute Gasteiger partial charge is 0.248 e. The van der Waals surface area contributed by atoms with Crippen molar-refractivity contribution in [1.29, 1.82) is 0 Å². The maximum absolute atomic E-state index is 10.6. The number of hydrogen-bond donors (Lipinski definition) is 1. The van der Waals surface area contributed by atoms with Gasteiger partial charge in [0, 0.05) is 6.54 Å². The van der Waals surface area contributed by atoms with Gasteiger partial charge in [-0.05, 0) is 0 Å². The fourth-order valence-corrected chi connectivity index (χ4v) is 2.08. The van der Waals surface area contributed by atoms with Crippen molar-refractivity contribution in [2.45, 2.75) is 6.92 Å². The highest BCUT2D eigenvalue weighted by Gasteiger charge is 2.19. The summed E-state index contributed by atoms with van der Waals surface area (Å²) in [6, 6.07) is 0. The molecule has 0 saturated carbocycles. The predicted octanol–water partition coefficient (Wildman–Crippen LogP) is -0.595. The molecule has 0 aromatic heterocycles. The van der Waals surface area contributed by atoms with Gasteiger partial charge in [0.2, 0.25) is 21.3 Å². The fourth-order valence-electron chi connectivity index (χ4n) is 0.461. The first-order valence-electron chi connectivity index (χ1n) is 2.48. The molecule has 0 aliphatic carbocycles. The Kier molecular flexibility index (Phi) is 3.43. The predicted molar refractivity (Wildman–Crippen MR) is 38.0 cm³/mol. The van der Waals surface area contributed by atoms with E-state index in [1.54, 1.807) is 0 Å². The lowest BCUT2D eigenvalue weighted by atomic mass is 10.8. The van der Waals surface area contributed by atoms with Crippen LogP contribution in [-0.2, 0) is 21.3 Å². The van der Waals surface area contributed by atoms with Crippen molar-refractivity contribution >= 4 is 21.3 Å². The molecule has 1 N–H and O–H groups in total. The van der Waals surface area contributed by atoms with E-state index in [0.29, 0.717) is 3.71 Å². The van der Waals surface area contributed by atoms with E-state index in [9.17, 15) is 12.6 Å². The molecule has 5 nitrogen and oxygen atoms in total. The van der Waals surface area contributed by atoms with Gasteiger partial charge in [-0.1, -0.05) is 10.6 Å². The first kappa shape index (κ1) is 10.0. The number of nitrogens with zero attached hydrogens (tertiary/aromatic N) is 1. The number of hydrogen-bond acceptors (Lipinski definition) is 3. The molecule has 0 fully saturated rings. The summed E-state index contributed by atoms with van der Waals surface area (Å²) in [7, 11) is -3.53. The third kappa shape index (κ3) is 2.74. The summed E-state index contributed by atoms with van der Waals surface area (Å²) in [5, 5.41) is 0. The van der Waals surface area contributed by atoms with Gasteiger partial charge in [-0.15, -0.1) is 0 Å². The molecule has 0 saturated heterocycles. The van der Waals surface area contributed by atoms with Crippen molar-refractivity contribution in [2.75, 3.05) is 12.8 Å². The number of rotatable bonds is 3. The molecule has 0 bridgehead atoms. The Balaban J connectivity index is 4.55. The van der Waals surface area contributed by atoms with Gasteiger partial charge in [0.05, 0.1) is 6.26 Å². The minimum atomic E-state index is -3.53. The number of sulfonamides is 1. The molecule has 7 heteroatoms. The van der Waals surface area contributed by atoms with Gasteiger partial charge in [0.1, 0.15) is 0 Å². The summed E-state index contributed by atoms with van der Waals surface area (Å²) < 4.78 is 40.2. The monoisotopic (exact) mass is 187 g/mol. The lowest BCUT2D eigenvalue weighted by Crippen LogP contribution is -2.31. The van der Waals surface area contributed by atoms with Crippen molar-refractivity contribution in [3.8, 4) is 0 Å². The third-order valence-corrected chi connectivity index (χ3v) is 3.60. The zero-order valence-electron chi connectivity index (χ0n) is 5.64. The van der Waals surface area contributed by atoms with E-state index in [2.05, 4.69) is 0 Å². The Morgan fingerprint density at radius 2 is 2.00 bits per heavy atom. The van der Waals surface area contributed by atoms with E-state index in [-0.39, 0.29) is 6.54 Å². The van der Waals surface area contributed by atoms with E-state index in [1.807, 2.05) is 0 Å². The van der Waals surface area contributed by atoms with Crippen LogP contribution in [0.25, 0.3) is 0 Å². The summed E-state index contributed by atoms with van der Waals surface area (Å²) in [6.07, 6.45) is 0.880. The van der Waals surface area contributed by atoms with Crippen LogP contribution in [0.2, 0.25) is 0 Å². The van der Waals surface area contributed by atoms with Gasteiger partial charge < -0.3 is 0 Å². The van der Waals surface area contributed by atoms with Crippen LogP contribution in [-0.4, -0.2) is 33.7 Å². The van der Waals surface area contributed by atoms with Crippen LogP contribution in [0.4, 0.5) is 0 Å². The van der Waals surface area contributed by atoms with E-state index in [0.717, 1.165) is 6.26 Å². The zero-order valence-corrected chi connectivity index (χ0v) is 7.28. The Morgan fingerprint density at radius 3 is 2.00 bits per heavy atom. The van der Waals surface area contributed by atoms with Gasteiger partial charge in [0.25, 0.3) is 0 Å². The quantitative estimate of drug-likeness (QED) is 0.599. The molecular formula is C3H9NO4S2. The molecule has 0 aliphatic heterocycles. The van der Waals surface area contributed by atoms with Gasteiger partial charge in [-0.3, -0.25) is 4.55 Å². The first-order valence-corrected chi connectivity index (χ1v) is 5.39. The molecule has 0 spiro atoms. The molecule has 1 unspecified atom stereocenters. The topological polar surface area (TPSA) is 74.7 Å². The van der Waals surface area contributed by atoms with Gasteiger partial charge in [0.15, 0.2) is 0 Å². The maximum atomic E-state index is 10.6. The van der Waals surface area contributed by atoms with Crippen LogP contribution in [0, 0.1) is 0 Å². The van der Waals surface area contributed by atoms with Crippen LogP contribution in [0.1, 0.15) is 6.92 Å². The molecule has 1 atom stereocenters. The summed E-state index contributed by atoms with van der Waals surface area (Å²) in [6.45, 7) is 1.48. The minimum absolute atomic E-state index is 0.00193. The van der Waals surface area contributed by atoms with E-state index in [4.69, 9.17) is 4.55 Å². The van der Waals surface area contributed by atoms with Crippen molar-refractivity contribution in [3.05, 3.63) is 0 Å². The molecule has 10 heavy (non-hydrogen) atoms. The van der Waals surface area contributed by atoms with Crippen LogP contribution in [0.3, 0.4) is 0 Å². The average Bonchev–Trinajstić information content (AvgIpc) is 1.60. The summed E-state index contributed by atoms with van der Waals surface area (Å²) in [5.41, 5.74) is 0. The second-order valence-electron chi connectivity index (χ2n) is 1.61. The highest BCUT2D eigenvalue weighted by Crippen LogP contribution is 1.98. The third-order valence-electron chi connectivity index (χ3n) is 0.802. The maximum Gasteiger partial charge on any atom is 0.248 e. The standard InChI is InChI=1S/C3H9NO4S2/c1-3-4(9(5)6)10(2,7)8/h3H2,1-2H3,(H,5,6). The summed E-state index contributed by atoms with van der Waals surface area (Å²) in [4.78, 5) is 0. The molecule has 0 heterocycles. The fraction of sp³-hybridized carbons (Fsp3) is 1.00. The molecule has 0 aromatic rings. The molecule has 0 amide bonds. The Morgan fingerprint density at radius 1 is 1.60 bits per heavy atom. The summed E-state index contributed by atoms with van der Waals surface area (Å²) in [5.74, 6) is 0. The highest BCUT2D eigenvalue weighted by atomic mass is 32.3. The van der Waals surface area contributed by atoms with Crippen molar-refractivity contribution in [2.24, 2.45) is 0 Å². The lowest BCUT2D eigenvalue weighted by Gasteiger charge is -2.10. The van der Waals surface area contributed by atoms with Crippen LogP contribution in [0.15, 0.2) is 0 Å². The van der Waals surface area contributed by atoms with E-state index in [1.165, 1.54) is 6.92 Å². The lowest BCUT2D eigenvalue weighted by molar-refractivity contribution is 0.489. The largest absolute Gasteiger partial charge is 0.293 e. The van der Waals surface area contributed by atoms with Crippen molar-refractivity contribution in [1.82, 2.24) is 3.71 Å². The Labute approximate surface area is 62.5 Å². The summed E-state index contributed by atoms with van der Waals surface area (Å²) >= 11 is -2.43. The first-order chi connectivity index (χ1) is 4.39. The van der Waals surface area contributed by atoms with Crippen molar-refractivity contribution in [3.63, 3.8) is 0 Å². The molecule has 0 rings (SSSR count). The molecule has 0 radical (unpaired) electrons. The van der Waals surface area contributed by atoms with E-state index < -0.39 is 21.3 Å². The SMILES string of the molecule is CCN(S(=O)O)S(C)(=O)=O. The van der Waals surface area contributed by atoms with Crippen LogP contribution >= 0.6 is 0 Å². The zero-order chi connectivity index (χ0) is 8.36. The van der Waals surface area contributed by atoms with Crippen LogP contribution < -0.4 is 0 Å². The van der Waals surface area contributed by atoms with Crippen molar-refractivity contribution < 1.29 is 17.2 Å². The van der Waals surface area contributed by atoms with Crippen LogP contribution in [0.5, 0.6) is 0 Å². The van der Waals surface area contributed by atoms with Gasteiger partial charge in [-0.25, -0.2) is 12.6 Å². The van der Waals surface area contributed by atoms with Gasteiger partial charge >= 0.3 is 0 Å². The normalized spacial score (nSPS) is 15.6. The second-order valence-corrected chi connectivity index (χ2v) is 4.65. The second kappa shape index (κ2) is 3.42. The molecule has 0 aromatic carbocycles. The Hall–Kier alpha value is 0.0200. The highest BCUT2D eigenvalue weighted by molar-refractivity contribution is 7.98. The molecule has 62 valence electrons. The average molecular weight is 187 g/mol. The molecular weight excluding hydrogens is 178 g/mol. The minimum Gasteiger partial charge on any atom is -0.293 e. The van der Waals surface area contributed by atoms with E-state index >= 15 is 0 Å². The Bertz CT molecular complexity index is 221. The van der Waals surface area contributed by atoms with Gasteiger partial charge in [-0.2, -0.15) is 0 Å². The molecule has 0 aliphatic rings.